The van der Waals surface area contributed by atoms with Crippen molar-refractivity contribution >= 4 is 22.5 Å². The molecule has 1 atom stereocenters. The van der Waals surface area contributed by atoms with Crippen molar-refractivity contribution < 1.29 is 32.1 Å². The van der Waals surface area contributed by atoms with Gasteiger partial charge in [-0.1, -0.05) is 0 Å². The Kier molecular flexibility index (Phi) is 7.13. The van der Waals surface area contributed by atoms with E-state index in [9.17, 15) is 13.2 Å². The van der Waals surface area contributed by atoms with Crippen molar-refractivity contribution in [3.63, 3.8) is 0 Å². The van der Waals surface area contributed by atoms with Gasteiger partial charge < -0.3 is 30.0 Å². The molecular formula is C23H26F3N5O4. The smallest absolute Gasteiger partial charge is 0.416 e. The maximum absolute atomic E-state index is 13.2. The summed E-state index contributed by atoms with van der Waals surface area (Å²) in [5.74, 6) is 1.60. The average molecular weight is 493 g/mol. The fourth-order valence-corrected chi connectivity index (χ4v) is 3.55. The third kappa shape index (κ3) is 5.82. The number of nitrogens with zero attached hydrogens (tertiary/aromatic N) is 3. The maximum atomic E-state index is 13.2. The number of ether oxygens (including phenoxy) is 4. The van der Waals surface area contributed by atoms with E-state index in [1.54, 1.807) is 26.0 Å². The summed E-state index contributed by atoms with van der Waals surface area (Å²) in [5.41, 5.74) is 5.47. The molecule has 1 fully saturated rings. The van der Waals surface area contributed by atoms with Crippen molar-refractivity contribution in [2.75, 3.05) is 44.6 Å². The number of aryl methyl sites for hydroxylation is 1. The summed E-state index contributed by atoms with van der Waals surface area (Å²) in [6.45, 7) is 5.22. The molecule has 1 aliphatic rings. The van der Waals surface area contributed by atoms with E-state index < -0.39 is 17.8 Å². The second-order valence-electron chi connectivity index (χ2n) is 8.09. The zero-order valence-corrected chi connectivity index (χ0v) is 19.5. The number of halogens is 3. The second-order valence-corrected chi connectivity index (χ2v) is 8.09. The van der Waals surface area contributed by atoms with E-state index in [1.807, 2.05) is 0 Å². The van der Waals surface area contributed by atoms with Gasteiger partial charge in [0.1, 0.15) is 30.2 Å². The van der Waals surface area contributed by atoms with Crippen LogP contribution >= 0.6 is 0 Å². The van der Waals surface area contributed by atoms with Crippen LogP contribution in [0.4, 0.5) is 24.8 Å². The van der Waals surface area contributed by atoms with Gasteiger partial charge in [-0.15, -0.1) is 0 Å². The quantitative estimate of drug-likeness (QED) is 0.428. The minimum absolute atomic E-state index is 0.0873. The van der Waals surface area contributed by atoms with Crippen LogP contribution in [0, 0.1) is 6.92 Å². The van der Waals surface area contributed by atoms with Crippen molar-refractivity contribution in [1.29, 1.82) is 0 Å². The van der Waals surface area contributed by atoms with Crippen molar-refractivity contribution in [2.24, 2.45) is 0 Å². The topological polar surface area (TPSA) is 114 Å². The van der Waals surface area contributed by atoms with Crippen LogP contribution in [-0.2, 0) is 15.7 Å². The Hall–Kier alpha value is -3.38. The van der Waals surface area contributed by atoms with E-state index in [2.05, 4.69) is 20.3 Å². The lowest BCUT2D eigenvalue weighted by Gasteiger charge is -2.26. The molecule has 3 aromatic rings. The first-order valence-corrected chi connectivity index (χ1v) is 10.9. The molecule has 2 aromatic heterocycles. The van der Waals surface area contributed by atoms with E-state index in [0.29, 0.717) is 53.9 Å². The first-order valence-electron chi connectivity index (χ1n) is 10.9. The molecular weight excluding hydrogens is 467 g/mol. The Morgan fingerprint density at radius 2 is 1.89 bits per heavy atom. The Balaban J connectivity index is 1.60. The fourth-order valence-electron chi connectivity index (χ4n) is 3.55. The summed E-state index contributed by atoms with van der Waals surface area (Å²) in [7, 11) is 1.52. The van der Waals surface area contributed by atoms with Crippen molar-refractivity contribution in [1.82, 2.24) is 15.0 Å². The molecule has 0 amide bonds. The van der Waals surface area contributed by atoms with Crippen LogP contribution in [0.25, 0.3) is 10.9 Å². The molecule has 0 aliphatic carbocycles. The van der Waals surface area contributed by atoms with E-state index >= 15 is 0 Å². The number of hydrogen-bond acceptors (Lipinski definition) is 9. The minimum Gasteiger partial charge on any atom is -0.493 e. The summed E-state index contributed by atoms with van der Waals surface area (Å²) in [6, 6.07) is 4.58. The predicted octanol–water partition coefficient (Wildman–Crippen LogP) is 3.91. The molecule has 0 saturated carbocycles. The predicted molar refractivity (Wildman–Crippen MR) is 123 cm³/mol. The summed E-state index contributed by atoms with van der Waals surface area (Å²) < 4.78 is 61.8. The van der Waals surface area contributed by atoms with Gasteiger partial charge in [0.25, 0.3) is 0 Å². The van der Waals surface area contributed by atoms with Gasteiger partial charge >= 0.3 is 6.18 Å². The summed E-state index contributed by atoms with van der Waals surface area (Å²) >= 11 is 0. The summed E-state index contributed by atoms with van der Waals surface area (Å²) in [5, 5.41) is 3.74. The van der Waals surface area contributed by atoms with Crippen LogP contribution in [-0.4, -0.2) is 54.6 Å². The molecule has 1 saturated heterocycles. The largest absolute Gasteiger partial charge is 0.493 e. The SMILES string of the molecule is COc1cc2nc(C)nc(NC(C)c3cc(C(F)(F)F)cc(N)n3)c2cc1OCCOC1COC1. The number of pyridine rings is 1. The molecule has 0 bridgehead atoms. The van der Waals surface area contributed by atoms with E-state index in [4.69, 9.17) is 24.7 Å². The Morgan fingerprint density at radius 3 is 2.54 bits per heavy atom. The Labute approximate surface area is 199 Å². The number of methoxy groups -OCH3 is 1. The minimum atomic E-state index is -4.54. The molecule has 1 aromatic carbocycles. The number of nitrogens with two attached hydrogens (primary N) is 1. The highest BCUT2D eigenvalue weighted by molar-refractivity contribution is 5.92. The molecule has 0 radical (unpaired) electrons. The standard InChI is InChI=1S/C23H26F3N5O4/c1-12(17-6-14(23(24,25)26)7-21(27)31-17)28-22-16-8-20(35-5-4-34-15-10-33-11-15)19(32-3)9-18(16)29-13(2)30-22/h6-9,12,15H,4-5,10-11H2,1-3H3,(H2,27,31)(H,28,29,30). The zero-order chi connectivity index (χ0) is 25.2. The number of nitrogens with one attached hydrogen (secondary N) is 1. The average Bonchev–Trinajstić information content (AvgIpc) is 2.76. The number of benzene rings is 1. The zero-order valence-electron chi connectivity index (χ0n) is 19.5. The fraction of sp³-hybridized carbons (Fsp3) is 0.435. The molecule has 4 rings (SSSR count). The van der Waals surface area contributed by atoms with Gasteiger partial charge in [0, 0.05) is 11.5 Å². The molecule has 0 spiro atoms. The number of fused-ring (bicyclic) bond motifs is 1. The van der Waals surface area contributed by atoms with E-state index in [0.717, 1.165) is 12.1 Å². The third-order valence-corrected chi connectivity index (χ3v) is 5.38. The van der Waals surface area contributed by atoms with Crippen LogP contribution in [0.15, 0.2) is 24.3 Å². The highest BCUT2D eigenvalue weighted by Crippen LogP contribution is 2.36. The molecule has 188 valence electrons. The molecule has 1 aliphatic heterocycles. The van der Waals surface area contributed by atoms with Gasteiger partial charge in [0.05, 0.1) is 49.7 Å². The van der Waals surface area contributed by atoms with Gasteiger partial charge in [-0.3, -0.25) is 0 Å². The van der Waals surface area contributed by atoms with Gasteiger partial charge in [0.2, 0.25) is 0 Å². The van der Waals surface area contributed by atoms with E-state index in [1.165, 1.54) is 7.11 Å². The molecule has 3 N–H and O–H groups in total. The monoisotopic (exact) mass is 493 g/mol. The first kappa shape index (κ1) is 24.7. The van der Waals surface area contributed by atoms with Gasteiger partial charge in [-0.2, -0.15) is 13.2 Å². The van der Waals surface area contributed by atoms with Crippen molar-refractivity contribution in [3.05, 3.63) is 41.3 Å². The van der Waals surface area contributed by atoms with Gasteiger partial charge in [-0.25, -0.2) is 15.0 Å². The third-order valence-electron chi connectivity index (χ3n) is 5.38. The normalized spacial score (nSPS) is 15.0. The number of aromatic nitrogens is 3. The first-order chi connectivity index (χ1) is 16.6. The molecule has 12 heteroatoms. The number of rotatable bonds is 9. The van der Waals surface area contributed by atoms with Crippen LogP contribution in [0.1, 0.15) is 30.0 Å². The summed E-state index contributed by atoms with van der Waals surface area (Å²) in [6.07, 6.45) is -4.45. The van der Waals surface area contributed by atoms with Crippen LogP contribution < -0.4 is 20.5 Å². The lowest BCUT2D eigenvalue weighted by molar-refractivity contribution is -0.137. The van der Waals surface area contributed by atoms with Crippen molar-refractivity contribution in [2.45, 2.75) is 32.2 Å². The number of alkyl halides is 3. The van der Waals surface area contributed by atoms with Gasteiger partial charge in [-0.05, 0) is 32.0 Å². The molecule has 9 nitrogen and oxygen atoms in total. The lowest BCUT2D eigenvalue weighted by atomic mass is 10.1. The number of nitrogen functional groups attached to an aromatic ring is 1. The molecule has 1 unspecified atom stereocenters. The Bertz CT molecular complexity index is 1200. The van der Waals surface area contributed by atoms with Crippen LogP contribution in [0.3, 0.4) is 0 Å². The van der Waals surface area contributed by atoms with Gasteiger partial charge in [0.15, 0.2) is 11.5 Å². The number of hydrogen-bond donors (Lipinski definition) is 2. The second kappa shape index (κ2) is 10.1. The highest BCUT2D eigenvalue weighted by Gasteiger charge is 2.32. The van der Waals surface area contributed by atoms with E-state index in [-0.39, 0.29) is 24.2 Å². The Morgan fingerprint density at radius 1 is 1.11 bits per heavy atom. The highest BCUT2D eigenvalue weighted by atomic mass is 19.4. The number of anilines is 2. The lowest BCUT2D eigenvalue weighted by Crippen LogP contribution is -2.37. The summed E-state index contributed by atoms with van der Waals surface area (Å²) in [4.78, 5) is 13.0. The molecule has 3 heterocycles. The van der Waals surface area contributed by atoms with Crippen LogP contribution in [0.2, 0.25) is 0 Å². The molecule has 35 heavy (non-hydrogen) atoms. The van der Waals surface area contributed by atoms with Crippen molar-refractivity contribution in [3.8, 4) is 11.5 Å². The van der Waals surface area contributed by atoms with Crippen LogP contribution in [0.5, 0.6) is 11.5 Å². The maximum Gasteiger partial charge on any atom is 0.416 e.